The van der Waals surface area contributed by atoms with Crippen LogP contribution in [0.25, 0.3) is 0 Å². The summed E-state index contributed by atoms with van der Waals surface area (Å²) in [6.45, 7) is -1.08. The van der Waals surface area contributed by atoms with Crippen LogP contribution < -0.4 is 5.32 Å². The Bertz CT molecular complexity index is 321. The van der Waals surface area contributed by atoms with Crippen LogP contribution >= 0.6 is 11.8 Å². The fourth-order valence-electron chi connectivity index (χ4n) is 1.92. The van der Waals surface area contributed by atoms with Crippen molar-refractivity contribution in [1.29, 1.82) is 0 Å². The van der Waals surface area contributed by atoms with Gasteiger partial charge in [0.1, 0.15) is 30.4 Å². The zero-order valence-electron chi connectivity index (χ0n) is 9.09. The molecule has 0 aliphatic carbocycles. The molecule has 5 nitrogen and oxygen atoms in total. The molecule has 2 fully saturated rings. The summed E-state index contributed by atoms with van der Waals surface area (Å²) in [5, 5.41) is 22.2. The fourth-order valence-corrected chi connectivity index (χ4v) is 3.00. The third-order valence-electron chi connectivity index (χ3n) is 2.85. The molecular formula is C9H14F2N2O3S. The third-order valence-corrected chi connectivity index (χ3v) is 4.01. The fraction of sp³-hybridized carbons (Fsp3) is 0.889. The van der Waals surface area contributed by atoms with E-state index in [-0.39, 0.29) is 0 Å². The van der Waals surface area contributed by atoms with Gasteiger partial charge in [0, 0.05) is 7.05 Å². The largest absolute Gasteiger partial charge is 0.388 e. The van der Waals surface area contributed by atoms with Crippen LogP contribution in [0.1, 0.15) is 0 Å². The normalized spacial score (nSPS) is 45.5. The van der Waals surface area contributed by atoms with Gasteiger partial charge >= 0.3 is 0 Å². The number of thioether (sulfide) groups is 1. The topological polar surface area (TPSA) is 74.1 Å². The molecule has 0 saturated carbocycles. The Hall–Kier alpha value is -0.440. The Morgan fingerprint density at radius 2 is 2.35 bits per heavy atom. The number of fused-ring (bicyclic) bond motifs is 1. The standard InChI is InChI=1S/C9H14F2N2O3S/c1-12-9-13-5-4(11)6(15)7(3(14)2-10)16-8(5)17-9/h3-8,14-15H,2H2,1H3,(H,12,13)/t3-,4-,5+,6?,7+,8+/m0/s1. The number of aliphatic hydroxyl groups excluding tert-OH is 2. The lowest BCUT2D eigenvalue weighted by Gasteiger charge is -2.39. The number of hydrogen-bond donors (Lipinski definition) is 3. The number of aliphatic imine (C=N–C) groups is 1. The van der Waals surface area contributed by atoms with Gasteiger partial charge in [0.2, 0.25) is 0 Å². The van der Waals surface area contributed by atoms with E-state index in [4.69, 9.17) is 4.74 Å². The van der Waals surface area contributed by atoms with Gasteiger partial charge in [-0.15, -0.1) is 0 Å². The first kappa shape index (κ1) is 13.0. The molecule has 98 valence electrons. The number of rotatable bonds is 2. The zero-order valence-corrected chi connectivity index (χ0v) is 9.90. The van der Waals surface area contributed by atoms with Gasteiger partial charge in [0.05, 0.1) is 6.04 Å². The molecule has 0 amide bonds. The number of ether oxygens (including phenoxy) is 1. The van der Waals surface area contributed by atoms with Crippen molar-refractivity contribution in [3.63, 3.8) is 0 Å². The number of alkyl halides is 2. The first-order valence-electron chi connectivity index (χ1n) is 5.20. The van der Waals surface area contributed by atoms with E-state index in [9.17, 15) is 19.0 Å². The Morgan fingerprint density at radius 3 is 2.94 bits per heavy atom. The van der Waals surface area contributed by atoms with Crippen LogP contribution in [0, 0.1) is 0 Å². The molecular weight excluding hydrogens is 254 g/mol. The molecule has 3 N–H and O–H groups in total. The first-order valence-corrected chi connectivity index (χ1v) is 6.08. The molecule has 17 heavy (non-hydrogen) atoms. The summed E-state index contributed by atoms with van der Waals surface area (Å²) in [6.07, 6.45) is -5.95. The minimum absolute atomic E-state index is 0.505. The lowest BCUT2D eigenvalue weighted by molar-refractivity contribution is -0.173. The van der Waals surface area contributed by atoms with Gasteiger partial charge in [-0.05, 0) is 0 Å². The highest BCUT2D eigenvalue weighted by molar-refractivity contribution is 8.14. The molecule has 0 aromatic carbocycles. The smallest absolute Gasteiger partial charge is 0.159 e. The maximum absolute atomic E-state index is 13.9. The average Bonchev–Trinajstić information content (AvgIpc) is 2.76. The van der Waals surface area contributed by atoms with E-state index in [1.54, 1.807) is 7.05 Å². The van der Waals surface area contributed by atoms with Crippen LogP contribution in [0.15, 0.2) is 4.99 Å². The van der Waals surface area contributed by atoms with Gasteiger partial charge in [-0.3, -0.25) is 4.99 Å². The van der Waals surface area contributed by atoms with Crippen LogP contribution in [0.5, 0.6) is 0 Å². The van der Waals surface area contributed by atoms with Gasteiger partial charge in [-0.2, -0.15) is 0 Å². The maximum Gasteiger partial charge on any atom is 0.159 e. The number of nitrogens with zero attached hydrogens (tertiary/aromatic N) is 1. The monoisotopic (exact) mass is 268 g/mol. The van der Waals surface area contributed by atoms with E-state index in [2.05, 4.69) is 10.3 Å². The summed E-state index contributed by atoms with van der Waals surface area (Å²) in [6, 6.07) is -0.725. The highest BCUT2D eigenvalue weighted by Crippen LogP contribution is 2.36. The van der Waals surface area contributed by atoms with E-state index in [0.29, 0.717) is 5.17 Å². The van der Waals surface area contributed by atoms with Gasteiger partial charge in [-0.25, -0.2) is 8.78 Å². The highest BCUT2D eigenvalue weighted by Gasteiger charge is 2.51. The molecule has 0 aromatic heterocycles. The molecule has 2 saturated heterocycles. The van der Waals surface area contributed by atoms with Crippen LogP contribution in [-0.4, -0.2) is 65.1 Å². The number of hydrogen-bond acceptors (Lipinski definition) is 5. The molecule has 1 unspecified atom stereocenters. The summed E-state index contributed by atoms with van der Waals surface area (Å²) in [5.74, 6) is 0. The van der Waals surface area contributed by atoms with Crippen molar-refractivity contribution in [3.05, 3.63) is 0 Å². The Kier molecular flexibility index (Phi) is 3.86. The second-order valence-corrected chi connectivity index (χ2v) is 5.03. The van der Waals surface area contributed by atoms with E-state index >= 15 is 0 Å². The summed E-state index contributed by atoms with van der Waals surface area (Å²) >= 11 is 1.16. The lowest BCUT2D eigenvalue weighted by atomic mass is 9.96. The van der Waals surface area contributed by atoms with E-state index in [1.165, 1.54) is 0 Å². The van der Waals surface area contributed by atoms with E-state index < -0.39 is 42.6 Å². The lowest BCUT2D eigenvalue weighted by Crippen LogP contribution is -2.60. The maximum atomic E-state index is 13.9. The Balaban J connectivity index is 2.13. The van der Waals surface area contributed by atoms with E-state index in [1.807, 2.05) is 0 Å². The molecule has 2 rings (SSSR count). The molecule has 0 aromatic rings. The van der Waals surface area contributed by atoms with Gasteiger partial charge in [0.25, 0.3) is 0 Å². The van der Waals surface area contributed by atoms with E-state index in [0.717, 1.165) is 11.8 Å². The van der Waals surface area contributed by atoms with Crippen LogP contribution in [0.3, 0.4) is 0 Å². The molecule has 8 heteroatoms. The number of amidine groups is 1. The molecule has 0 bridgehead atoms. The quantitative estimate of drug-likeness (QED) is 0.625. The number of nitrogens with one attached hydrogen (secondary N) is 1. The number of halogens is 2. The SMILES string of the molecule is CN=C1N[C@H]2[C@H](O[C@H]([C@@H](O)CF)C(O)[C@H]2F)S1. The summed E-state index contributed by atoms with van der Waals surface area (Å²) in [4.78, 5) is 3.86. The predicted octanol–water partition coefficient (Wildman–Crippen LogP) is -0.569. The summed E-state index contributed by atoms with van der Waals surface area (Å²) < 4.78 is 31.6. The first-order chi connectivity index (χ1) is 8.08. The third kappa shape index (κ3) is 2.26. The second kappa shape index (κ2) is 5.05. The van der Waals surface area contributed by atoms with Crippen molar-refractivity contribution in [1.82, 2.24) is 5.32 Å². The Labute approximate surface area is 101 Å². The van der Waals surface area contributed by atoms with Crippen molar-refractivity contribution in [2.24, 2.45) is 4.99 Å². The minimum Gasteiger partial charge on any atom is -0.388 e. The van der Waals surface area contributed by atoms with Crippen molar-refractivity contribution in [2.75, 3.05) is 13.7 Å². The summed E-state index contributed by atoms with van der Waals surface area (Å²) in [5.41, 5.74) is -0.613. The van der Waals surface area contributed by atoms with Crippen LogP contribution in [0.4, 0.5) is 8.78 Å². The minimum atomic E-state index is -1.63. The van der Waals surface area contributed by atoms with Crippen molar-refractivity contribution in [2.45, 2.75) is 36.0 Å². The average molecular weight is 268 g/mol. The van der Waals surface area contributed by atoms with Crippen molar-refractivity contribution in [3.8, 4) is 0 Å². The van der Waals surface area contributed by atoms with Gasteiger partial charge in [-0.1, -0.05) is 11.8 Å². The van der Waals surface area contributed by atoms with Crippen molar-refractivity contribution >= 4 is 16.9 Å². The molecule has 0 radical (unpaired) electrons. The molecule has 2 aliphatic rings. The Morgan fingerprint density at radius 1 is 1.65 bits per heavy atom. The van der Waals surface area contributed by atoms with Crippen LogP contribution in [0.2, 0.25) is 0 Å². The highest BCUT2D eigenvalue weighted by atomic mass is 32.2. The van der Waals surface area contributed by atoms with Crippen molar-refractivity contribution < 1.29 is 23.7 Å². The molecule has 6 atom stereocenters. The molecule has 0 spiro atoms. The second-order valence-electron chi connectivity index (χ2n) is 3.94. The van der Waals surface area contributed by atoms with Gasteiger partial charge in [0.15, 0.2) is 11.3 Å². The molecule has 2 aliphatic heterocycles. The number of aliphatic hydroxyl groups is 2. The predicted molar refractivity (Wildman–Crippen MR) is 59.4 cm³/mol. The van der Waals surface area contributed by atoms with Crippen LogP contribution in [-0.2, 0) is 4.74 Å². The summed E-state index contributed by atoms with van der Waals surface area (Å²) in [7, 11) is 1.55. The van der Waals surface area contributed by atoms with Gasteiger partial charge < -0.3 is 20.3 Å². The zero-order chi connectivity index (χ0) is 12.6. The molecule has 2 heterocycles.